The minimum absolute atomic E-state index is 0.133. The Balaban J connectivity index is 1.79. The first-order chi connectivity index (χ1) is 15.7. The SMILES string of the molecule is COc1ccc(C=NN=C2NC(=O)C(CC(=O)O)S2)cc1Cn1nc(C(F)F)cc1C(F)F. The van der Waals surface area contributed by atoms with Crippen LogP contribution in [0.2, 0.25) is 0 Å². The van der Waals surface area contributed by atoms with Crippen molar-refractivity contribution in [3.63, 3.8) is 0 Å². The van der Waals surface area contributed by atoms with Gasteiger partial charge in [-0.25, -0.2) is 17.6 Å². The summed E-state index contributed by atoms with van der Waals surface area (Å²) >= 11 is 0.933. The topological polar surface area (TPSA) is 118 Å². The molecule has 9 nitrogen and oxygen atoms in total. The van der Waals surface area contributed by atoms with E-state index in [9.17, 15) is 27.2 Å². The molecule has 1 aromatic carbocycles. The maximum atomic E-state index is 13.3. The molecule has 33 heavy (non-hydrogen) atoms. The first-order valence-electron chi connectivity index (χ1n) is 9.29. The van der Waals surface area contributed by atoms with E-state index in [1.165, 1.54) is 19.4 Å². The van der Waals surface area contributed by atoms with Crippen molar-refractivity contribution >= 4 is 35.0 Å². The van der Waals surface area contributed by atoms with Gasteiger partial charge in [-0.05, 0) is 29.8 Å². The van der Waals surface area contributed by atoms with E-state index in [4.69, 9.17) is 9.84 Å². The van der Waals surface area contributed by atoms with Crippen LogP contribution in [0, 0.1) is 0 Å². The number of benzene rings is 1. The molecule has 1 aliphatic rings. The van der Waals surface area contributed by atoms with Crippen LogP contribution in [0.5, 0.6) is 5.75 Å². The molecule has 1 atom stereocenters. The standard InChI is InChI=1S/C19H17F4N5O4S/c1-32-13-3-2-9(7-24-26-19-25-18(31)14(33-19)6-15(29)30)4-10(13)8-28-12(17(22)23)5-11(27-28)16(20)21/h2-5,7,14,16-17H,6,8H2,1H3,(H,29,30)(H,25,26,31). The summed E-state index contributed by atoms with van der Waals surface area (Å²) in [5, 5.41) is 21.8. The molecule has 1 unspecified atom stereocenters. The van der Waals surface area contributed by atoms with Gasteiger partial charge in [0.05, 0.1) is 26.3 Å². The molecule has 1 amide bonds. The first-order valence-corrected chi connectivity index (χ1v) is 10.2. The van der Waals surface area contributed by atoms with Crippen LogP contribution < -0.4 is 10.1 Å². The number of methoxy groups -OCH3 is 1. The summed E-state index contributed by atoms with van der Waals surface area (Å²) < 4.78 is 58.4. The molecule has 1 saturated heterocycles. The molecule has 1 fully saturated rings. The second-order valence-corrected chi connectivity index (χ2v) is 7.86. The van der Waals surface area contributed by atoms with Gasteiger partial charge < -0.3 is 15.2 Å². The third kappa shape index (κ3) is 6.09. The monoisotopic (exact) mass is 487 g/mol. The number of carboxylic acids is 1. The minimum Gasteiger partial charge on any atom is -0.496 e. The van der Waals surface area contributed by atoms with Crippen molar-refractivity contribution in [2.75, 3.05) is 7.11 Å². The molecule has 0 radical (unpaired) electrons. The van der Waals surface area contributed by atoms with Crippen LogP contribution in [0.15, 0.2) is 34.5 Å². The van der Waals surface area contributed by atoms with Crippen molar-refractivity contribution in [2.24, 2.45) is 10.2 Å². The highest BCUT2D eigenvalue weighted by atomic mass is 32.2. The number of carbonyl (C=O) groups excluding carboxylic acids is 1. The Bertz CT molecular complexity index is 1110. The summed E-state index contributed by atoms with van der Waals surface area (Å²) in [7, 11) is 1.37. The van der Waals surface area contributed by atoms with Crippen LogP contribution in [0.1, 0.15) is 41.8 Å². The van der Waals surface area contributed by atoms with Crippen LogP contribution in [0.4, 0.5) is 17.6 Å². The fraction of sp³-hybridized carbons (Fsp3) is 0.316. The van der Waals surface area contributed by atoms with E-state index in [0.717, 1.165) is 16.4 Å². The quantitative estimate of drug-likeness (QED) is 0.319. The van der Waals surface area contributed by atoms with Gasteiger partial charge in [0.2, 0.25) is 5.91 Å². The van der Waals surface area contributed by atoms with Gasteiger partial charge in [0.1, 0.15) is 22.4 Å². The lowest BCUT2D eigenvalue weighted by Gasteiger charge is -2.11. The fourth-order valence-corrected chi connectivity index (χ4v) is 3.83. The number of amides is 1. The molecule has 2 N–H and O–H groups in total. The number of rotatable bonds is 9. The molecule has 1 aliphatic heterocycles. The van der Waals surface area contributed by atoms with Gasteiger partial charge in [-0.1, -0.05) is 11.8 Å². The fourth-order valence-electron chi connectivity index (χ4n) is 2.92. The average Bonchev–Trinajstić information content (AvgIpc) is 3.32. The highest BCUT2D eigenvalue weighted by Crippen LogP contribution is 2.28. The number of carbonyl (C=O) groups is 2. The van der Waals surface area contributed by atoms with Crippen LogP contribution >= 0.6 is 11.8 Å². The summed E-state index contributed by atoms with van der Waals surface area (Å²) in [6.45, 7) is -0.255. The Kier molecular flexibility index (Phi) is 7.68. The summed E-state index contributed by atoms with van der Waals surface area (Å²) in [5.74, 6) is -1.28. The Morgan fingerprint density at radius 1 is 1.33 bits per heavy atom. The van der Waals surface area contributed by atoms with Crippen LogP contribution in [-0.4, -0.2) is 50.5 Å². The van der Waals surface area contributed by atoms with E-state index in [1.54, 1.807) is 12.1 Å². The smallest absolute Gasteiger partial charge is 0.305 e. The van der Waals surface area contributed by atoms with Gasteiger partial charge in [0, 0.05) is 5.56 Å². The van der Waals surface area contributed by atoms with Crippen molar-refractivity contribution in [3.8, 4) is 5.75 Å². The van der Waals surface area contributed by atoms with Crippen molar-refractivity contribution in [3.05, 3.63) is 46.8 Å². The first kappa shape index (κ1) is 24.2. The van der Waals surface area contributed by atoms with E-state index in [0.29, 0.717) is 22.9 Å². The maximum absolute atomic E-state index is 13.3. The Morgan fingerprint density at radius 3 is 2.73 bits per heavy atom. The van der Waals surface area contributed by atoms with E-state index in [1.807, 2.05) is 0 Å². The molecule has 3 rings (SSSR count). The lowest BCUT2D eigenvalue weighted by molar-refractivity contribution is -0.138. The average molecular weight is 487 g/mol. The highest BCUT2D eigenvalue weighted by Gasteiger charge is 2.32. The third-order valence-corrected chi connectivity index (χ3v) is 5.47. The van der Waals surface area contributed by atoms with Crippen LogP contribution in [0.3, 0.4) is 0 Å². The number of hydrogen-bond donors (Lipinski definition) is 2. The second-order valence-electron chi connectivity index (χ2n) is 6.67. The zero-order valence-corrected chi connectivity index (χ0v) is 17.7. The van der Waals surface area contributed by atoms with Crippen LogP contribution in [-0.2, 0) is 16.1 Å². The Hall–Kier alpha value is -3.42. The van der Waals surface area contributed by atoms with Crippen molar-refractivity contribution in [2.45, 2.75) is 31.1 Å². The lowest BCUT2D eigenvalue weighted by Crippen LogP contribution is -2.26. The van der Waals surface area contributed by atoms with Gasteiger partial charge in [0.25, 0.3) is 12.9 Å². The number of nitrogens with one attached hydrogen (secondary N) is 1. The number of aliphatic carboxylic acids is 1. The normalized spacial score (nSPS) is 17.5. The number of halogens is 4. The van der Waals surface area contributed by atoms with Crippen molar-refractivity contribution in [1.29, 1.82) is 0 Å². The number of ether oxygens (including phenoxy) is 1. The van der Waals surface area contributed by atoms with Crippen molar-refractivity contribution < 1.29 is 37.0 Å². The van der Waals surface area contributed by atoms with E-state index >= 15 is 0 Å². The minimum atomic E-state index is -3.00. The molecule has 2 aromatic rings. The molecule has 14 heteroatoms. The molecule has 1 aromatic heterocycles. The zero-order chi connectivity index (χ0) is 24.1. The third-order valence-electron chi connectivity index (χ3n) is 4.39. The van der Waals surface area contributed by atoms with Gasteiger partial charge in [-0.2, -0.15) is 10.2 Å². The number of nitrogens with zero attached hydrogens (tertiary/aromatic N) is 4. The van der Waals surface area contributed by atoms with Gasteiger partial charge >= 0.3 is 5.97 Å². The molecule has 0 spiro atoms. The van der Waals surface area contributed by atoms with E-state index in [-0.39, 0.29) is 18.1 Å². The summed E-state index contributed by atoms with van der Waals surface area (Å²) in [6, 6.07) is 5.34. The summed E-state index contributed by atoms with van der Waals surface area (Å²) in [4.78, 5) is 22.5. The molecule has 2 heterocycles. The number of carboxylic acid groups (broad SMARTS) is 1. The number of aromatic nitrogens is 2. The predicted octanol–water partition coefficient (Wildman–Crippen LogP) is 3.21. The molecule has 0 aliphatic carbocycles. The Labute approximate surface area is 188 Å². The molecule has 0 bridgehead atoms. The highest BCUT2D eigenvalue weighted by molar-refractivity contribution is 8.15. The molecular weight excluding hydrogens is 470 g/mol. The van der Waals surface area contributed by atoms with Crippen molar-refractivity contribution in [1.82, 2.24) is 15.1 Å². The van der Waals surface area contributed by atoms with E-state index < -0.39 is 41.4 Å². The van der Waals surface area contributed by atoms with Gasteiger partial charge in [0.15, 0.2) is 5.17 Å². The van der Waals surface area contributed by atoms with E-state index in [2.05, 4.69) is 20.6 Å². The number of alkyl halides is 4. The summed E-state index contributed by atoms with van der Waals surface area (Å²) in [6.07, 6.45) is -5.04. The number of hydrogen-bond acceptors (Lipinski definition) is 7. The zero-order valence-electron chi connectivity index (χ0n) is 16.9. The molecule has 176 valence electrons. The number of amidine groups is 1. The van der Waals surface area contributed by atoms with Gasteiger partial charge in [-0.3, -0.25) is 14.3 Å². The van der Waals surface area contributed by atoms with Crippen LogP contribution in [0.25, 0.3) is 0 Å². The largest absolute Gasteiger partial charge is 0.496 e. The number of thioether (sulfide) groups is 1. The van der Waals surface area contributed by atoms with Gasteiger partial charge in [-0.15, -0.1) is 5.10 Å². The molecule has 0 saturated carbocycles. The Morgan fingerprint density at radius 2 is 2.09 bits per heavy atom. The lowest BCUT2D eigenvalue weighted by atomic mass is 10.1. The molecular formula is C19H17F4N5O4S. The predicted molar refractivity (Wildman–Crippen MR) is 111 cm³/mol. The second kappa shape index (κ2) is 10.5. The summed E-state index contributed by atoms with van der Waals surface area (Å²) in [5.41, 5.74) is -0.547. The maximum Gasteiger partial charge on any atom is 0.305 e.